The first-order valence-corrected chi connectivity index (χ1v) is 4.67. The van der Waals surface area contributed by atoms with Crippen LogP contribution in [0.1, 0.15) is 25.0 Å². The van der Waals surface area contributed by atoms with Crippen LogP contribution in [0.3, 0.4) is 0 Å². The number of H-pyrrole nitrogens is 1. The van der Waals surface area contributed by atoms with E-state index >= 15 is 0 Å². The summed E-state index contributed by atoms with van der Waals surface area (Å²) in [5.74, 6) is -0.286. The van der Waals surface area contributed by atoms with Crippen LogP contribution >= 0.6 is 0 Å². The van der Waals surface area contributed by atoms with Gasteiger partial charge in [-0.1, -0.05) is 13.0 Å². The summed E-state index contributed by atoms with van der Waals surface area (Å²) in [6.45, 7) is 1.87. The molecule has 2 rings (SSSR count). The molecule has 1 atom stereocenters. The molecule has 1 heterocycles. The summed E-state index contributed by atoms with van der Waals surface area (Å²) < 4.78 is 13.4. The Hall–Kier alpha value is -1.35. The second kappa shape index (κ2) is 3.42. The van der Waals surface area contributed by atoms with Crippen LogP contribution in [0.2, 0.25) is 0 Å². The molecule has 74 valence electrons. The molecule has 0 saturated carbocycles. The Kier molecular flexibility index (Phi) is 2.25. The molecule has 0 fully saturated rings. The first kappa shape index (κ1) is 9.21. The van der Waals surface area contributed by atoms with Crippen molar-refractivity contribution in [3.05, 3.63) is 35.8 Å². The van der Waals surface area contributed by atoms with E-state index in [1.807, 2.05) is 6.92 Å². The maximum absolute atomic E-state index is 13.4. The number of halogens is 1. The van der Waals surface area contributed by atoms with Crippen LogP contribution in [0.15, 0.2) is 24.4 Å². The van der Waals surface area contributed by atoms with Crippen molar-refractivity contribution in [3.8, 4) is 0 Å². The zero-order valence-corrected chi connectivity index (χ0v) is 7.92. The predicted octanol–water partition coefficient (Wildman–Crippen LogP) is 2.75. The number of rotatable bonds is 2. The van der Waals surface area contributed by atoms with Crippen molar-refractivity contribution in [1.29, 1.82) is 0 Å². The van der Waals surface area contributed by atoms with Crippen LogP contribution in [-0.4, -0.2) is 10.1 Å². The van der Waals surface area contributed by atoms with Gasteiger partial charge in [0.15, 0.2) is 0 Å². The molecule has 3 heteroatoms. The normalized spacial score (nSPS) is 13.4. The van der Waals surface area contributed by atoms with Gasteiger partial charge in [0.05, 0.1) is 6.10 Å². The number of hydrogen-bond donors (Lipinski definition) is 2. The van der Waals surface area contributed by atoms with E-state index < -0.39 is 6.10 Å². The van der Waals surface area contributed by atoms with E-state index in [0.717, 1.165) is 5.52 Å². The van der Waals surface area contributed by atoms with Gasteiger partial charge in [-0.2, -0.15) is 0 Å². The molecule has 2 aromatic rings. The number of benzene rings is 1. The highest BCUT2D eigenvalue weighted by Crippen LogP contribution is 2.27. The van der Waals surface area contributed by atoms with Gasteiger partial charge in [-0.25, -0.2) is 4.39 Å². The fraction of sp³-hybridized carbons (Fsp3) is 0.273. The standard InChI is InChI=1S/C11H12FNO/c1-2-10(14)7-6-13-9-5-3-4-8(12)11(7)9/h3-6,10,13-14H,2H2,1H3/t10-/m0/s1. The fourth-order valence-corrected chi connectivity index (χ4v) is 1.65. The largest absolute Gasteiger partial charge is 0.388 e. The van der Waals surface area contributed by atoms with Crippen LogP contribution < -0.4 is 0 Å². The minimum atomic E-state index is -0.597. The SMILES string of the molecule is CC[C@H](O)c1c[nH]c2cccc(F)c12. The number of aliphatic hydroxyl groups is 1. The van der Waals surface area contributed by atoms with Gasteiger partial charge in [0.2, 0.25) is 0 Å². The highest BCUT2D eigenvalue weighted by Gasteiger charge is 2.13. The minimum absolute atomic E-state index is 0.286. The van der Waals surface area contributed by atoms with Gasteiger partial charge in [-0.05, 0) is 18.6 Å². The Bertz CT molecular complexity index is 449. The van der Waals surface area contributed by atoms with E-state index in [0.29, 0.717) is 17.4 Å². The maximum Gasteiger partial charge on any atom is 0.132 e. The van der Waals surface area contributed by atoms with Gasteiger partial charge in [0, 0.05) is 22.7 Å². The number of hydrogen-bond acceptors (Lipinski definition) is 1. The van der Waals surface area contributed by atoms with E-state index in [4.69, 9.17) is 0 Å². The van der Waals surface area contributed by atoms with Crippen molar-refractivity contribution in [2.24, 2.45) is 0 Å². The molecule has 0 aliphatic carbocycles. The Labute approximate surface area is 81.4 Å². The number of nitrogens with one attached hydrogen (secondary N) is 1. The van der Waals surface area contributed by atoms with Gasteiger partial charge in [-0.15, -0.1) is 0 Å². The number of aromatic amines is 1. The summed E-state index contributed by atoms with van der Waals surface area (Å²) in [5.41, 5.74) is 1.37. The minimum Gasteiger partial charge on any atom is -0.388 e. The van der Waals surface area contributed by atoms with E-state index in [9.17, 15) is 9.50 Å². The average molecular weight is 193 g/mol. The highest BCUT2D eigenvalue weighted by atomic mass is 19.1. The molecule has 2 nitrogen and oxygen atoms in total. The van der Waals surface area contributed by atoms with E-state index in [2.05, 4.69) is 4.98 Å². The molecule has 0 aliphatic rings. The summed E-state index contributed by atoms with van der Waals surface area (Å²) >= 11 is 0. The number of fused-ring (bicyclic) bond motifs is 1. The lowest BCUT2D eigenvalue weighted by atomic mass is 10.1. The monoisotopic (exact) mass is 193 g/mol. The van der Waals surface area contributed by atoms with Crippen molar-refractivity contribution in [3.63, 3.8) is 0 Å². The number of aromatic nitrogens is 1. The number of aliphatic hydroxyl groups excluding tert-OH is 1. The third kappa shape index (κ3) is 1.30. The smallest absolute Gasteiger partial charge is 0.132 e. The summed E-state index contributed by atoms with van der Waals surface area (Å²) in [5, 5.41) is 10.2. The molecular weight excluding hydrogens is 181 g/mol. The van der Waals surface area contributed by atoms with Gasteiger partial charge in [0.25, 0.3) is 0 Å². The second-order valence-corrected chi connectivity index (χ2v) is 3.33. The lowest BCUT2D eigenvalue weighted by Crippen LogP contribution is -1.94. The van der Waals surface area contributed by atoms with Crippen molar-refractivity contribution in [2.45, 2.75) is 19.4 Å². The van der Waals surface area contributed by atoms with Crippen LogP contribution in [0.25, 0.3) is 10.9 Å². The first-order chi connectivity index (χ1) is 6.74. The van der Waals surface area contributed by atoms with E-state index in [1.165, 1.54) is 6.07 Å². The molecule has 0 aliphatic heterocycles. The lowest BCUT2D eigenvalue weighted by Gasteiger charge is -2.05. The third-order valence-electron chi connectivity index (χ3n) is 2.43. The van der Waals surface area contributed by atoms with Crippen LogP contribution in [0.5, 0.6) is 0 Å². The molecule has 0 saturated heterocycles. The van der Waals surface area contributed by atoms with Gasteiger partial charge in [-0.3, -0.25) is 0 Å². The molecule has 2 N–H and O–H groups in total. The zero-order chi connectivity index (χ0) is 10.1. The van der Waals surface area contributed by atoms with Crippen molar-refractivity contribution < 1.29 is 9.50 Å². The molecule has 0 bridgehead atoms. The van der Waals surface area contributed by atoms with Crippen molar-refractivity contribution >= 4 is 10.9 Å². The highest BCUT2D eigenvalue weighted by molar-refractivity contribution is 5.84. The lowest BCUT2D eigenvalue weighted by molar-refractivity contribution is 0.175. The zero-order valence-electron chi connectivity index (χ0n) is 7.92. The van der Waals surface area contributed by atoms with Crippen molar-refractivity contribution in [1.82, 2.24) is 4.98 Å². The molecular formula is C11H12FNO. The molecule has 1 aromatic heterocycles. The quantitative estimate of drug-likeness (QED) is 0.755. The summed E-state index contributed by atoms with van der Waals surface area (Å²) in [7, 11) is 0. The molecule has 0 amide bonds. The van der Waals surface area contributed by atoms with Crippen LogP contribution in [-0.2, 0) is 0 Å². The Morgan fingerprint density at radius 2 is 2.29 bits per heavy atom. The summed E-state index contributed by atoms with van der Waals surface area (Å²) in [6, 6.07) is 4.85. The van der Waals surface area contributed by atoms with E-state index in [-0.39, 0.29) is 5.82 Å². The van der Waals surface area contributed by atoms with Gasteiger partial charge >= 0.3 is 0 Å². The summed E-state index contributed by atoms with van der Waals surface area (Å²) in [4.78, 5) is 2.94. The van der Waals surface area contributed by atoms with Gasteiger partial charge in [0.1, 0.15) is 5.82 Å². The average Bonchev–Trinajstić information content (AvgIpc) is 2.62. The first-order valence-electron chi connectivity index (χ1n) is 4.67. The van der Waals surface area contributed by atoms with Gasteiger partial charge < -0.3 is 10.1 Å². The molecule has 0 radical (unpaired) electrons. The Balaban J connectivity index is 2.67. The summed E-state index contributed by atoms with van der Waals surface area (Å²) in [6.07, 6.45) is 1.66. The molecule has 14 heavy (non-hydrogen) atoms. The molecule has 0 unspecified atom stereocenters. The fourth-order valence-electron chi connectivity index (χ4n) is 1.65. The maximum atomic E-state index is 13.4. The third-order valence-corrected chi connectivity index (χ3v) is 2.43. The second-order valence-electron chi connectivity index (χ2n) is 3.33. The van der Waals surface area contributed by atoms with Crippen LogP contribution in [0, 0.1) is 5.82 Å². The van der Waals surface area contributed by atoms with E-state index in [1.54, 1.807) is 18.3 Å². The van der Waals surface area contributed by atoms with Crippen LogP contribution in [0.4, 0.5) is 4.39 Å². The predicted molar refractivity (Wildman–Crippen MR) is 53.5 cm³/mol. The Morgan fingerprint density at radius 3 is 3.00 bits per heavy atom. The molecule has 1 aromatic carbocycles. The van der Waals surface area contributed by atoms with Crippen molar-refractivity contribution in [2.75, 3.05) is 0 Å². The molecule has 0 spiro atoms. The Morgan fingerprint density at radius 1 is 1.50 bits per heavy atom. The topological polar surface area (TPSA) is 36.0 Å².